The van der Waals surface area contributed by atoms with Crippen molar-refractivity contribution in [1.29, 1.82) is 0 Å². The van der Waals surface area contributed by atoms with Crippen molar-refractivity contribution >= 4 is 0 Å². The number of likely N-dealkylation sites (tertiary alicyclic amines) is 1. The van der Waals surface area contributed by atoms with Gasteiger partial charge in [-0.05, 0) is 58.0 Å². The van der Waals surface area contributed by atoms with Gasteiger partial charge in [0.05, 0.1) is 6.04 Å². The zero-order chi connectivity index (χ0) is 10.8. The summed E-state index contributed by atoms with van der Waals surface area (Å²) in [5, 5.41) is 0. The molecule has 2 rings (SSSR count). The first-order valence-corrected chi connectivity index (χ1v) is 5.69. The molecule has 1 aromatic heterocycles. The van der Waals surface area contributed by atoms with Crippen LogP contribution in [0.4, 0.5) is 0 Å². The lowest BCUT2D eigenvalue weighted by Crippen LogP contribution is -2.39. The van der Waals surface area contributed by atoms with Gasteiger partial charge >= 0.3 is 0 Å². The Kier molecular flexibility index (Phi) is 3.12. The number of nitrogens with zero attached hydrogens (tertiary/aromatic N) is 1. The van der Waals surface area contributed by atoms with Crippen LogP contribution in [-0.4, -0.2) is 25.0 Å². The SMILES string of the molecule is Cc1ccc(C2C(CN)CCCN2C)o1. The molecule has 0 aliphatic carbocycles. The third kappa shape index (κ3) is 2.08. The minimum atomic E-state index is 0.373. The molecule has 2 unspecified atom stereocenters. The lowest BCUT2D eigenvalue weighted by molar-refractivity contribution is 0.105. The van der Waals surface area contributed by atoms with E-state index in [-0.39, 0.29) is 0 Å². The quantitative estimate of drug-likeness (QED) is 0.807. The highest BCUT2D eigenvalue weighted by atomic mass is 16.3. The zero-order valence-electron chi connectivity index (χ0n) is 9.57. The van der Waals surface area contributed by atoms with Crippen LogP contribution in [0.1, 0.15) is 30.4 Å². The van der Waals surface area contributed by atoms with Crippen molar-refractivity contribution in [2.24, 2.45) is 11.7 Å². The maximum atomic E-state index is 5.83. The predicted molar refractivity (Wildman–Crippen MR) is 60.6 cm³/mol. The van der Waals surface area contributed by atoms with E-state index in [1.54, 1.807) is 0 Å². The van der Waals surface area contributed by atoms with Crippen LogP contribution in [0.15, 0.2) is 16.5 Å². The minimum absolute atomic E-state index is 0.373. The molecule has 1 aliphatic heterocycles. The number of hydrogen-bond donors (Lipinski definition) is 1. The fourth-order valence-electron chi connectivity index (χ4n) is 2.57. The lowest BCUT2D eigenvalue weighted by Gasteiger charge is -2.37. The first-order chi connectivity index (χ1) is 7.22. The number of aryl methyl sites for hydroxylation is 1. The molecular weight excluding hydrogens is 188 g/mol. The van der Waals surface area contributed by atoms with E-state index in [9.17, 15) is 0 Å². The van der Waals surface area contributed by atoms with E-state index < -0.39 is 0 Å². The van der Waals surface area contributed by atoms with Crippen molar-refractivity contribution in [1.82, 2.24) is 4.90 Å². The van der Waals surface area contributed by atoms with Gasteiger partial charge in [0.2, 0.25) is 0 Å². The van der Waals surface area contributed by atoms with E-state index in [4.69, 9.17) is 10.2 Å². The Morgan fingerprint density at radius 3 is 2.93 bits per heavy atom. The molecule has 0 saturated carbocycles. The van der Waals surface area contributed by atoms with Gasteiger partial charge in [0.1, 0.15) is 11.5 Å². The Balaban J connectivity index is 2.22. The molecule has 84 valence electrons. The molecule has 0 spiro atoms. The Labute approximate surface area is 91.2 Å². The van der Waals surface area contributed by atoms with Crippen molar-refractivity contribution in [3.05, 3.63) is 23.7 Å². The largest absolute Gasteiger partial charge is 0.465 e. The van der Waals surface area contributed by atoms with Crippen LogP contribution >= 0.6 is 0 Å². The molecule has 2 heterocycles. The summed E-state index contributed by atoms with van der Waals surface area (Å²) in [6.45, 7) is 3.87. The molecule has 1 saturated heterocycles. The van der Waals surface area contributed by atoms with Gasteiger partial charge in [-0.25, -0.2) is 0 Å². The molecule has 1 fully saturated rings. The molecule has 3 nitrogen and oxygen atoms in total. The summed E-state index contributed by atoms with van der Waals surface area (Å²) in [5.74, 6) is 2.60. The molecule has 1 aliphatic rings. The highest BCUT2D eigenvalue weighted by Crippen LogP contribution is 2.34. The zero-order valence-corrected chi connectivity index (χ0v) is 9.57. The second-order valence-electron chi connectivity index (χ2n) is 4.51. The van der Waals surface area contributed by atoms with Crippen molar-refractivity contribution in [3.63, 3.8) is 0 Å². The molecule has 0 aromatic carbocycles. The topological polar surface area (TPSA) is 42.4 Å². The van der Waals surface area contributed by atoms with Crippen LogP contribution in [0.3, 0.4) is 0 Å². The van der Waals surface area contributed by atoms with Crippen LogP contribution in [0.2, 0.25) is 0 Å². The molecule has 2 atom stereocenters. The van der Waals surface area contributed by atoms with Gasteiger partial charge in [-0.2, -0.15) is 0 Å². The van der Waals surface area contributed by atoms with Gasteiger partial charge in [-0.3, -0.25) is 4.90 Å². The van der Waals surface area contributed by atoms with Gasteiger partial charge in [0, 0.05) is 0 Å². The van der Waals surface area contributed by atoms with Crippen LogP contribution in [0.25, 0.3) is 0 Å². The number of hydrogen-bond acceptors (Lipinski definition) is 3. The van der Waals surface area contributed by atoms with E-state index >= 15 is 0 Å². The standard InChI is InChI=1S/C12H20N2O/c1-9-5-6-11(15-9)12-10(8-13)4-3-7-14(12)2/h5-6,10,12H,3-4,7-8,13H2,1-2H3. The van der Waals surface area contributed by atoms with Crippen LogP contribution < -0.4 is 5.73 Å². The minimum Gasteiger partial charge on any atom is -0.465 e. The number of nitrogens with two attached hydrogens (primary N) is 1. The average molecular weight is 208 g/mol. The molecule has 2 N–H and O–H groups in total. The summed E-state index contributed by atoms with van der Waals surface area (Å²) in [6.07, 6.45) is 2.46. The van der Waals surface area contributed by atoms with E-state index in [2.05, 4.69) is 18.0 Å². The van der Waals surface area contributed by atoms with Gasteiger partial charge < -0.3 is 10.2 Å². The van der Waals surface area contributed by atoms with E-state index in [1.807, 2.05) is 13.0 Å². The third-order valence-corrected chi connectivity index (χ3v) is 3.36. The second-order valence-corrected chi connectivity index (χ2v) is 4.51. The Morgan fingerprint density at radius 2 is 2.33 bits per heavy atom. The predicted octanol–water partition coefficient (Wildman–Crippen LogP) is 1.93. The Hall–Kier alpha value is -0.800. The third-order valence-electron chi connectivity index (χ3n) is 3.36. The van der Waals surface area contributed by atoms with E-state index in [1.165, 1.54) is 12.8 Å². The normalized spacial score (nSPS) is 28.2. The highest BCUT2D eigenvalue weighted by Gasteiger charge is 2.31. The summed E-state index contributed by atoms with van der Waals surface area (Å²) in [6, 6.07) is 4.49. The van der Waals surface area contributed by atoms with E-state index in [0.717, 1.165) is 24.6 Å². The van der Waals surface area contributed by atoms with Crippen LogP contribution in [0, 0.1) is 12.8 Å². The van der Waals surface area contributed by atoms with Gasteiger partial charge in [-0.1, -0.05) is 0 Å². The molecular formula is C12H20N2O. The van der Waals surface area contributed by atoms with Crippen LogP contribution in [-0.2, 0) is 0 Å². The van der Waals surface area contributed by atoms with Crippen molar-refractivity contribution in [2.45, 2.75) is 25.8 Å². The first-order valence-electron chi connectivity index (χ1n) is 5.69. The summed E-state index contributed by atoms with van der Waals surface area (Å²) >= 11 is 0. The monoisotopic (exact) mass is 208 g/mol. The fourth-order valence-corrected chi connectivity index (χ4v) is 2.57. The van der Waals surface area contributed by atoms with Gasteiger partial charge in [0.15, 0.2) is 0 Å². The molecule has 1 aromatic rings. The van der Waals surface area contributed by atoms with Crippen LogP contribution in [0.5, 0.6) is 0 Å². The molecule has 0 radical (unpaired) electrons. The van der Waals surface area contributed by atoms with Crippen molar-refractivity contribution in [2.75, 3.05) is 20.1 Å². The average Bonchev–Trinajstić information content (AvgIpc) is 2.64. The van der Waals surface area contributed by atoms with Crippen molar-refractivity contribution in [3.8, 4) is 0 Å². The van der Waals surface area contributed by atoms with Crippen molar-refractivity contribution < 1.29 is 4.42 Å². The second kappa shape index (κ2) is 4.37. The maximum absolute atomic E-state index is 5.83. The highest BCUT2D eigenvalue weighted by molar-refractivity contribution is 5.12. The Morgan fingerprint density at radius 1 is 1.53 bits per heavy atom. The number of rotatable bonds is 2. The van der Waals surface area contributed by atoms with Gasteiger partial charge in [0.25, 0.3) is 0 Å². The molecule has 15 heavy (non-hydrogen) atoms. The number of furan rings is 1. The maximum Gasteiger partial charge on any atom is 0.121 e. The smallest absolute Gasteiger partial charge is 0.121 e. The molecule has 0 bridgehead atoms. The van der Waals surface area contributed by atoms with Gasteiger partial charge in [-0.15, -0.1) is 0 Å². The molecule has 0 amide bonds. The fraction of sp³-hybridized carbons (Fsp3) is 0.667. The summed E-state index contributed by atoms with van der Waals surface area (Å²) < 4.78 is 5.73. The number of piperidine rings is 1. The lowest BCUT2D eigenvalue weighted by atomic mass is 9.88. The summed E-state index contributed by atoms with van der Waals surface area (Å²) in [7, 11) is 2.16. The molecule has 3 heteroatoms. The summed E-state index contributed by atoms with van der Waals surface area (Å²) in [5.41, 5.74) is 5.83. The first kappa shape index (κ1) is 10.7. The Bertz CT molecular complexity index is 321. The summed E-state index contributed by atoms with van der Waals surface area (Å²) in [4.78, 5) is 2.36. The van der Waals surface area contributed by atoms with E-state index in [0.29, 0.717) is 12.0 Å².